The van der Waals surface area contributed by atoms with Crippen molar-refractivity contribution in [3.05, 3.63) is 29.8 Å². The number of nitrogens with zero attached hydrogens (tertiary/aromatic N) is 1. The van der Waals surface area contributed by atoms with Crippen LogP contribution in [0.3, 0.4) is 0 Å². The first-order chi connectivity index (χ1) is 7.20. The molecule has 84 valence electrons. The van der Waals surface area contributed by atoms with Crippen LogP contribution in [0.25, 0.3) is 0 Å². The van der Waals surface area contributed by atoms with Gasteiger partial charge in [0.1, 0.15) is 0 Å². The number of benzene rings is 1. The summed E-state index contributed by atoms with van der Waals surface area (Å²) in [6.07, 6.45) is 0.921. The monoisotopic (exact) mass is 208 g/mol. The van der Waals surface area contributed by atoms with Crippen molar-refractivity contribution in [1.82, 2.24) is 0 Å². The van der Waals surface area contributed by atoms with Gasteiger partial charge in [0, 0.05) is 25.3 Å². The number of nitrogens with two attached hydrogens (primary N) is 1. The Morgan fingerprint density at radius 2 is 2.07 bits per heavy atom. The van der Waals surface area contributed by atoms with Gasteiger partial charge in [-0.1, -0.05) is 25.1 Å². The molecule has 0 aromatic heterocycles. The summed E-state index contributed by atoms with van der Waals surface area (Å²) in [4.78, 5) is 2.03. The lowest BCUT2D eigenvalue weighted by Gasteiger charge is -2.23. The van der Waals surface area contributed by atoms with Crippen LogP contribution in [0.5, 0.6) is 0 Å². The average Bonchev–Trinajstić information content (AvgIpc) is 2.28. The molecule has 3 N–H and O–H groups in total. The van der Waals surface area contributed by atoms with E-state index in [2.05, 4.69) is 13.0 Å². The Morgan fingerprint density at radius 1 is 1.40 bits per heavy atom. The maximum atomic E-state index is 8.91. The smallest absolute Gasteiger partial charge is 0.0606 e. The molecule has 0 unspecified atom stereocenters. The normalized spacial score (nSPS) is 12.5. The summed E-state index contributed by atoms with van der Waals surface area (Å²) >= 11 is 0. The molecule has 1 atom stereocenters. The van der Waals surface area contributed by atoms with Gasteiger partial charge in [-0.25, -0.2) is 0 Å². The summed E-state index contributed by atoms with van der Waals surface area (Å²) in [6, 6.07) is 8.16. The van der Waals surface area contributed by atoms with E-state index in [1.54, 1.807) is 0 Å². The predicted octanol–water partition coefficient (Wildman–Crippen LogP) is 1.52. The highest BCUT2D eigenvalue weighted by molar-refractivity contribution is 5.54. The first-order valence-electron chi connectivity index (χ1n) is 5.37. The van der Waals surface area contributed by atoms with Gasteiger partial charge in [0.2, 0.25) is 0 Å². The average molecular weight is 208 g/mol. The van der Waals surface area contributed by atoms with Crippen LogP contribution in [0.1, 0.15) is 24.9 Å². The van der Waals surface area contributed by atoms with Gasteiger partial charge in [-0.2, -0.15) is 0 Å². The highest BCUT2D eigenvalue weighted by Crippen LogP contribution is 2.25. The zero-order valence-electron chi connectivity index (χ0n) is 9.48. The highest BCUT2D eigenvalue weighted by Gasteiger charge is 2.11. The quantitative estimate of drug-likeness (QED) is 0.771. The van der Waals surface area contributed by atoms with Crippen molar-refractivity contribution in [3.63, 3.8) is 0 Å². The van der Waals surface area contributed by atoms with Crippen LogP contribution in [-0.2, 0) is 0 Å². The predicted molar refractivity (Wildman–Crippen MR) is 64.0 cm³/mol. The van der Waals surface area contributed by atoms with Crippen molar-refractivity contribution >= 4 is 5.69 Å². The van der Waals surface area contributed by atoms with Gasteiger partial charge in [0.25, 0.3) is 0 Å². The Morgan fingerprint density at radius 3 is 2.67 bits per heavy atom. The Balaban J connectivity index is 2.95. The lowest BCUT2D eigenvalue weighted by atomic mass is 10.0. The van der Waals surface area contributed by atoms with Crippen molar-refractivity contribution in [1.29, 1.82) is 0 Å². The van der Waals surface area contributed by atoms with Crippen LogP contribution < -0.4 is 10.6 Å². The van der Waals surface area contributed by atoms with Crippen LogP contribution in [0.4, 0.5) is 5.69 Å². The van der Waals surface area contributed by atoms with Crippen molar-refractivity contribution in [2.75, 3.05) is 25.1 Å². The van der Waals surface area contributed by atoms with Crippen molar-refractivity contribution in [3.8, 4) is 0 Å². The molecule has 3 heteroatoms. The molecule has 15 heavy (non-hydrogen) atoms. The number of anilines is 1. The summed E-state index contributed by atoms with van der Waals surface area (Å²) in [7, 11) is 1.97. The van der Waals surface area contributed by atoms with Gasteiger partial charge in [-0.3, -0.25) is 0 Å². The van der Waals surface area contributed by atoms with E-state index in [9.17, 15) is 0 Å². The summed E-state index contributed by atoms with van der Waals surface area (Å²) in [5.74, 6) is 0. The van der Waals surface area contributed by atoms with Crippen LogP contribution in [0, 0.1) is 0 Å². The molecule has 0 aliphatic carbocycles. The van der Waals surface area contributed by atoms with Gasteiger partial charge >= 0.3 is 0 Å². The molecule has 0 saturated heterocycles. The number of hydrogen-bond acceptors (Lipinski definition) is 3. The topological polar surface area (TPSA) is 49.5 Å². The van der Waals surface area contributed by atoms with Gasteiger partial charge < -0.3 is 15.7 Å². The fraction of sp³-hybridized carbons (Fsp3) is 0.500. The molecule has 1 aromatic carbocycles. The molecule has 0 heterocycles. The van der Waals surface area contributed by atoms with E-state index in [1.807, 2.05) is 30.1 Å². The van der Waals surface area contributed by atoms with Gasteiger partial charge in [-0.05, 0) is 18.1 Å². The molecule has 0 amide bonds. The molecule has 0 saturated carbocycles. The summed E-state index contributed by atoms with van der Waals surface area (Å²) in [5.41, 5.74) is 8.30. The lowest BCUT2D eigenvalue weighted by Crippen LogP contribution is -2.24. The molecule has 0 aliphatic heterocycles. The number of rotatable bonds is 5. The third kappa shape index (κ3) is 2.94. The minimum Gasteiger partial charge on any atom is -0.395 e. The second-order valence-corrected chi connectivity index (χ2v) is 3.72. The molecule has 0 aliphatic rings. The van der Waals surface area contributed by atoms with E-state index in [0.29, 0.717) is 6.54 Å². The van der Waals surface area contributed by atoms with Gasteiger partial charge in [-0.15, -0.1) is 0 Å². The number of aliphatic hydroxyl groups excluding tert-OH is 1. The Bertz CT molecular complexity index is 301. The standard InChI is InChI=1S/C12H20N2O/c1-3-11(13)10-6-4-5-7-12(10)14(2)8-9-15/h4-7,11,15H,3,8-9,13H2,1-2H3/t11-/m0/s1. The van der Waals surface area contributed by atoms with Gasteiger partial charge in [0.15, 0.2) is 0 Å². The molecular formula is C12H20N2O. The fourth-order valence-corrected chi connectivity index (χ4v) is 1.64. The third-order valence-electron chi connectivity index (χ3n) is 2.62. The van der Waals surface area contributed by atoms with E-state index in [0.717, 1.165) is 17.7 Å². The van der Waals surface area contributed by atoms with Crippen molar-refractivity contribution in [2.24, 2.45) is 5.73 Å². The molecule has 0 bridgehead atoms. The number of para-hydroxylation sites is 1. The maximum Gasteiger partial charge on any atom is 0.0606 e. The van der Waals surface area contributed by atoms with E-state index in [-0.39, 0.29) is 12.6 Å². The van der Waals surface area contributed by atoms with Crippen LogP contribution in [0.15, 0.2) is 24.3 Å². The summed E-state index contributed by atoms with van der Waals surface area (Å²) < 4.78 is 0. The van der Waals surface area contributed by atoms with Crippen molar-refractivity contribution in [2.45, 2.75) is 19.4 Å². The minimum absolute atomic E-state index is 0.0716. The zero-order valence-corrected chi connectivity index (χ0v) is 9.48. The van der Waals surface area contributed by atoms with Gasteiger partial charge in [0.05, 0.1) is 6.61 Å². The van der Waals surface area contributed by atoms with E-state index in [1.165, 1.54) is 0 Å². The Hall–Kier alpha value is -1.06. The largest absolute Gasteiger partial charge is 0.395 e. The molecule has 1 aromatic rings. The second-order valence-electron chi connectivity index (χ2n) is 3.72. The first-order valence-corrected chi connectivity index (χ1v) is 5.37. The Labute approximate surface area is 91.5 Å². The van der Waals surface area contributed by atoms with Crippen molar-refractivity contribution < 1.29 is 5.11 Å². The third-order valence-corrected chi connectivity index (χ3v) is 2.62. The second kappa shape index (κ2) is 5.73. The van der Waals surface area contributed by atoms with Crippen LogP contribution in [-0.4, -0.2) is 25.3 Å². The zero-order chi connectivity index (χ0) is 11.3. The maximum absolute atomic E-state index is 8.91. The highest BCUT2D eigenvalue weighted by atomic mass is 16.3. The fourth-order valence-electron chi connectivity index (χ4n) is 1.64. The lowest BCUT2D eigenvalue weighted by molar-refractivity contribution is 0.304. The summed E-state index contributed by atoms with van der Waals surface area (Å²) in [5, 5.41) is 8.91. The number of hydrogen-bond donors (Lipinski definition) is 2. The Kier molecular flexibility index (Phi) is 4.59. The van der Waals surface area contributed by atoms with E-state index < -0.39 is 0 Å². The number of likely N-dealkylation sites (N-methyl/N-ethyl adjacent to an activating group) is 1. The SMILES string of the molecule is CC[C@H](N)c1ccccc1N(C)CCO. The first kappa shape index (κ1) is 12.0. The van der Waals surface area contributed by atoms with E-state index >= 15 is 0 Å². The number of aliphatic hydroxyl groups is 1. The molecule has 0 spiro atoms. The summed E-state index contributed by atoms with van der Waals surface area (Å²) in [6.45, 7) is 2.87. The minimum atomic E-state index is 0.0716. The molecule has 0 fully saturated rings. The van der Waals surface area contributed by atoms with Crippen LogP contribution >= 0.6 is 0 Å². The van der Waals surface area contributed by atoms with E-state index in [4.69, 9.17) is 10.8 Å². The molecular weight excluding hydrogens is 188 g/mol. The molecule has 1 rings (SSSR count). The molecule has 3 nitrogen and oxygen atoms in total. The van der Waals surface area contributed by atoms with Crippen LogP contribution in [0.2, 0.25) is 0 Å². The molecule has 0 radical (unpaired) electrons.